The fourth-order valence-electron chi connectivity index (χ4n) is 3.29. The maximum atomic E-state index is 13.0. The van der Waals surface area contributed by atoms with Crippen molar-refractivity contribution < 1.29 is 24.2 Å². The molecule has 7 heteroatoms. The van der Waals surface area contributed by atoms with Gasteiger partial charge in [0.25, 0.3) is 0 Å². The number of nitrogens with one attached hydrogen (secondary N) is 2. The van der Waals surface area contributed by atoms with Crippen LogP contribution < -0.4 is 10.6 Å². The lowest BCUT2D eigenvalue weighted by Crippen LogP contribution is -2.53. The van der Waals surface area contributed by atoms with Crippen molar-refractivity contribution in [3.05, 3.63) is 108 Å². The molecule has 0 aliphatic carbocycles. The predicted molar refractivity (Wildman–Crippen MR) is 123 cm³/mol. The molecule has 170 valence electrons. The van der Waals surface area contributed by atoms with Gasteiger partial charge in [-0.1, -0.05) is 91.0 Å². The molecular weight excluding hydrogens is 420 g/mol. The zero-order valence-corrected chi connectivity index (χ0v) is 18.0. The zero-order valence-electron chi connectivity index (χ0n) is 18.0. The molecule has 0 fully saturated rings. The highest BCUT2D eigenvalue weighted by molar-refractivity contribution is 5.89. The Labute approximate surface area is 192 Å². The maximum Gasteiger partial charge on any atom is 0.408 e. The van der Waals surface area contributed by atoms with Gasteiger partial charge in [-0.15, -0.1) is 0 Å². The molecule has 0 aromatic heterocycles. The molecule has 2 amide bonds. The molecule has 1 unspecified atom stereocenters. The van der Waals surface area contributed by atoms with Crippen molar-refractivity contribution in [1.82, 2.24) is 10.6 Å². The van der Waals surface area contributed by atoms with Gasteiger partial charge in [-0.3, -0.25) is 4.79 Å². The number of hydrogen-bond donors (Lipinski definition) is 3. The average molecular weight is 447 g/mol. The largest absolute Gasteiger partial charge is 0.480 e. The minimum Gasteiger partial charge on any atom is -0.480 e. The molecule has 0 radical (unpaired) electrons. The van der Waals surface area contributed by atoms with E-state index in [0.29, 0.717) is 0 Å². The van der Waals surface area contributed by atoms with E-state index in [1.54, 1.807) is 24.3 Å². The number of rotatable bonds is 10. The van der Waals surface area contributed by atoms with Gasteiger partial charge in [-0.05, 0) is 16.7 Å². The molecule has 33 heavy (non-hydrogen) atoms. The van der Waals surface area contributed by atoms with Gasteiger partial charge in [0.2, 0.25) is 5.91 Å². The Morgan fingerprint density at radius 3 is 1.61 bits per heavy atom. The Morgan fingerprint density at radius 1 is 0.667 bits per heavy atom. The average Bonchev–Trinajstić information content (AvgIpc) is 2.84. The van der Waals surface area contributed by atoms with Gasteiger partial charge in [-0.2, -0.15) is 0 Å². The van der Waals surface area contributed by atoms with Crippen LogP contribution in [0.3, 0.4) is 0 Å². The minimum absolute atomic E-state index is 0.0537. The van der Waals surface area contributed by atoms with E-state index in [1.807, 2.05) is 66.7 Å². The third-order valence-electron chi connectivity index (χ3n) is 5.00. The third kappa shape index (κ3) is 7.81. The van der Waals surface area contributed by atoms with Gasteiger partial charge in [0.05, 0.1) is 0 Å². The van der Waals surface area contributed by atoms with Gasteiger partial charge in [-0.25, -0.2) is 9.59 Å². The van der Waals surface area contributed by atoms with Gasteiger partial charge in [0, 0.05) is 12.8 Å². The van der Waals surface area contributed by atoms with Crippen LogP contribution in [-0.2, 0) is 33.8 Å². The number of hydrogen-bond acceptors (Lipinski definition) is 4. The van der Waals surface area contributed by atoms with Crippen molar-refractivity contribution in [3.8, 4) is 0 Å². The highest BCUT2D eigenvalue weighted by Gasteiger charge is 2.27. The van der Waals surface area contributed by atoms with E-state index in [-0.39, 0.29) is 19.4 Å². The summed E-state index contributed by atoms with van der Waals surface area (Å²) >= 11 is 0. The summed E-state index contributed by atoms with van der Waals surface area (Å²) in [6.45, 7) is 0.0537. The minimum atomic E-state index is -1.16. The SMILES string of the molecule is O=C(N[C@H](Cc1ccccc1)C(=O)NC(Cc1ccccc1)C(=O)O)OCc1ccccc1. The van der Waals surface area contributed by atoms with Crippen LogP contribution in [0, 0.1) is 0 Å². The van der Waals surface area contributed by atoms with Gasteiger partial charge in [0.15, 0.2) is 0 Å². The first-order chi connectivity index (χ1) is 16.0. The second-order valence-corrected chi connectivity index (χ2v) is 7.54. The van der Waals surface area contributed by atoms with Crippen LogP contribution >= 0.6 is 0 Å². The molecule has 0 saturated heterocycles. The van der Waals surface area contributed by atoms with E-state index in [1.165, 1.54) is 0 Å². The monoisotopic (exact) mass is 446 g/mol. The van der Waals surface area contributed by atoms with Crippen molar-refractivity contribution in [2.75, 3.05) is 0 Å². The number of ether oxygens (including phenoxy) is 1. The van der Waals surface area contributed by atoms with Crippen molar-refractivity contribution in [3.63, 3.8) is 0 Å². The lowest BCUT2D eigenvalue weighted by molar-refractivity contribution is -0.142. The summed E-state index contributed by atoms with van der Waals surface area (Å²) in [6, 6.07) is 25.2. The van der Waals surface area contributed by atoms with Crippen LogP contribution in [-0.4, -0.2) is 35.2 Å². The van der Waals surface area contributed by atoms with E-state index >= 15 is 0 Å². The highest BCUT2D eigenvalue weighted by Crippen LogP contribution is 2.08. The Bertz CT molecular complexity index is 1040. The fourth-order valence-corrected chi connectivity index (χ4v) is 3.29. The molecule has 0 aliphatic rings. The Balaban J connectivity index is 1.68. The second-order valence-electron chi connectivity index (χ2n) is 7.54. The quantitative estimate of drug-likeness (QED) is 0.443. The molecule has 0 heterocycles. The standard InChI is InChI=1S/C26H26N2O5/c29-24(27-23(25(30)31)17-20-12-6-2-7-13-20)22(16-19-10-4-1-5-11-19)28-26(32)33-18-21-14-8-3-9-15-21/h1-15,22-23H,16-18H2,(H,27,29)(H,28,32)(H,30,31)/t22-,23?/m1/s1. The summed E-state index contributed by atoms with van der Waals surface area (Å²) in [5, 5.41) is 14.8. The molecule has 3 rings (SSSR count). The number of alkyl carbamates (subject to hydrolysis) is 1. The summed E-state index contributed by atoms with van der Waals surface area (Å²) in [7, 11) is 0. The number of carbonyl (C=O) groups is 3. The number of carboxylic acids is 1. The molecule has 0 saturated carbocycles. The van der Waals surface area contributed by atoms with Gasteiger partial charge < -0.3 is 20.5 Å². The first-order valence-electron chi connectivity index (χ1n) is 10.6. The molecule has 0 spiro atoms. The van der Waals surface area contributed by atoms with E-state index in [9.17, 15) is 19.5 Å². The summed E-state index contributed by atoms with van der Waals surface area (Å²) in [4.78, 5) is 37.2. The second kappa shape index (κ2) is 12.0. The first kappa shape index (κ1) is 23.5. The molecular formula is C26H26N2O5. The van der Waals surface area contributed by atoms with Crippen LogP contribution in [0.15, 0.2) is 91.0 Å². The van der Waals surface area contributed by atoms with Crippen LogP contribution in [0.25, 0.3) is 0 Å². The summed E-state index contributed by atoms with van der Waals surface area (Å²) in [5.41, 5.74) is 2.40. The Kier molecular flexibility index (Phi) is 8.59. The fraction of sp³-hybridized carbons (Fsp3) is 0.192. The summed E-state index contributed by atoms with van der Waals surface area (Å²) in [5.74, 6) is -1.75. The van der Waals surface area contributed by atoms with E-state index in [2.05, 4.69) is 10.6 Å². The molecule has 3 aromatic carbocycles. The van der Waals surface area contributed by atoms with Crippen LogP contribution in [0.1, 0.15) is 16.7 Å². The number of amides is 2. The number of carbonyl (C=O) groups excluding carboxylic acids is 2. The van der Waals surface area contributed by atoms with E-state index in [4.69, 9.17) is 4.74 Å². The van der Waals surface area contributed by atoms with Crippen LogP contribution in [0.5, 0.6) is 0 Å². The normalized spacial score (nSPS) is 12.2. The molecule has 3 aromatic rings. The van der Waals surface area contributed by atoms with Crippen molar-refractivity contribution in [2.24, 2.45) is 0 Å². The number of aliphatic carboxylic acids is 1. The van der Waals surface area contributed by atoms with Crippen LogP contribution in [0.4, 0.5) is 4.79 Å². The highest BCUT2D eigenvalue weighted by atomic mass is 16.5. The lowest BCUT2D eigenvalue weighted by Gasteiger charge is -2.21. The number of carboxylic acid groups (broad SMARTS) is 1. The third-order valence-corrected chi connectivity index (χ3v) is 5.00. The van der Waals surface area contributed by atoms with Crippen molar-refractivity contribution in [1.29, 1.82) is 0 Å². The Hall–Kier alpha value is -4.13. The first-order valence-corrected chi connectivity index (χ1v) is 10.6. The van der Waals surface area contributed by atoms with Crippen molar-refractivity contribution in [2.45, 2.75) is 31.5 Å². The molecule has 0 aliphatic heterocycles. The summed E-state index contributed by atoms with van der Waals surface area (Å²) < 4.78 is 5.25. The topological polar surface area (TPSA) is 105 Å². The maximum absolute atomic E-state index is 13.0. The zero-order chi connectivity index (χ0) is 23.5. The number of benzene rings is 3. The van der Waals surface area contributed by atoms with E-state index < -0.39 is 30.1 Å². The predicted octanol–water partition coefficient (Wildman–Crippen LogP) is 3.34. The van der Waals surface area contributed by atoms with Crippen LogP contribution in [0.2, 0.25) is 0 Å². The summed E-state index contributed by atoms with van der Waals surface area (Å²) in [6.07, 6.45) is -0.451. The Morgan fingerprint density at radius 2 is 1.12 bits per heavy atom. The van der Waals surface area contributed by atoms with E-state index in [0.717, 1.165) is 16.7 Å². The van der Waals surface area contributed by atoms with Crippen molar-refractivity contribution >= 4 is 18.0 Å². The molecule has 3 N–H and O–H groups in total. The smallest absolute Gasteiger partial charge is 0.408 e. The molecule has 7 nitrogen and oxygen atoms in total. The van der Waals surface area contributed by atoms with Gasteiger partial charge >= 0.3 is 12.1 Å². The molecule has 0 bridgehead atoms. The lowest BCUT2D eigenvalue weighted by atomic mass is 10.0. The van der Waals surface area contributed by atoms with Gasteiger partial charge in [0.1, 0.15) is 18.7 Å². The molecule has 2 atom stereocenters.